The van der Waals surface area contributed by atoms with Gasteiger partial charge in [-0.05, 0) is 36.1 Å². The molecule has 0 fully saturated rings. The molecule has 1 atom stereocenters. The quantitative estimate of drug-likeness (QED) is 0.876. The number of carboxylic acid groups (broad SMARTS) is 1. The van der Waals surface area contributed by atoms with E-state index in [9.17, 15) is 23.1 Å². The van der Waals surface area contributed by atoms with E-state index in [-0.39, 0.29) is 12.0 Å². The van der Waals surface area contributed by atoms with Gasteiger partial charge in [0.15, 0.2) is 0 Å². The predicted octanol–water partition coefficient (Wildman–Crippen LogP) is 2.70. The molecule has 0 aliphatic heterocycles. The first-order valence-corrected chi connectivity index (χ1v) is 6.80. The van der Waals surface area contributed by atoms with Crippen LogP contribution >= 0.6 is 11.8 Å². The van der Waals surface area contributed by atoms with Gasteiger partial charge in [-0.25, -0.2) is 4.79 Å². The van der Waals surface area contributed by atoms with Gasteiger partial charge in [-0.3, -0.25) is 0 Å². The second-order valence-electron chi connectivity index (χ2n) is 4.10. The molecule has 0 saturated carbocycles. The molecule has 0 aromatic heterocycles. The number of benzene rings is 1. The number of hydrogen-bond acceptors (Lipinski definition) is 3. The Kier molecular flexibility index (Phi) is 4.86. The number of thioether (sulfide) groups is 1. The largest absolute Gasteiger partial charge is 0.480 e. The highest BCUT2D eigenvalue weighted by atomic mass is 32.2. The number of carboxylic acids is 1. The standard InChI is InChI=1S/C12H14F3NO2S/c1-19-6-5-11(16,10(17)18)8-3-2-4-9(7-8)12(13,14)15/h2-4,7H,5-6,16H2,1H3,(H,17,18). The molecule has 3 N–H and O–H groups in total. The molecule has 106 valence electrons. The number of rotatable bonds is 5. The summed E-state index contributed by atoms with van der Waals surface area (Å²) in [5, 5.41) is 9.19. The van der Waals surface area contributed by atoms with Gasteiger partial charge in [0, 0.05) is 0 Å². The van der Waals surface area contributed by atoms with Crippen molar-refractivity contribution in [2.75, 3.05) is 12.0 Å². The monoisotopic (exact) mass is 293 g/mol. The Hall–Kier alpha value is -1.21. The predicted molar refractivity (Wildman–Crippen MR) is 67.9 cm³/mol. The number of nitrogens with two attached hydrogens (primary N) is 1. The summed E-state index contributed by atoms with van der Waals surface area (Å²) in [4.78, 5) is 11.3. The third kappa shape index (κ3) is 3.63. The molecule has 0 saturated heterocycles. The van der Waals surface area contributed by atoms with Crippen molar-refractivity contribution in [1.82, 2.24) is 0 Å². The molecule has 0 aliphatic rings. The number of hydrogen-bond donors (Lipinski definition) is 2. The van der Waals surface area contributed by atoms with E-state index in [0.717, 1.165) is 12.1 Å². The van der Waals surface area contributed by atoms with Gasteiger partial charge in [0.25, 0.3) is 0 Å². The SMILES string of the molecule is CSCCC(N)(C(=O)O)c1cccc(C(F)(F)F)c1. The van der Waals surface area contributed by atoms with Crippen LogP contribution in [0.2, 0.25) is 0 Å². The third-order valence-electron chi connectivity index (χ3n) is 2.79. The molecule has 0 bridgehead atoms. The first-order valence-electron chi connectivity index (χ1n) is 5.41. The highest BCUT2D eigenvalue weighted by Gasteiger charge is 2.38. The van der Waals surface area contributed by atoms with E-state index in [0.29, 0.717) is 5.75 Å². The lowest BCUT2D eigenvalue weighted by Crippen LogP contribution is -2.45. The second-order valence-corrected chi connectivity index (χ2v) is 5.08. The highest BCUT2D eigenvalue weighted by molar-refractivity contribution is 7.98. The van der Waals surface area contributed by atoms with Crippen molar-refractivity contribution < 1.29 is 23.1 Å². The van der Waals surface area contributed by atoms with E-state index in [2.05, 4.69) is 0 Å². The Morgan fingerprint density at radius 1 is 1.37 bits per heavy atom. The smallest absolute Gasteiger partial charge is 0.416 e. The first-order chi connectivity index (χ1) is 8.71. The number of carbonyl (C=O) groups is 1. The molecule has 0 heterocycles. The molecular weight excluding hydrogens is 279 g/mol. The van der Waals surface area contributed by atoms with Crippen molar-refractivity contribution in [2.45, 2.75) is 18.1 Å². The van der Waals surface area contributed by atoms with Gasteiger partial charge in [-0.1, -0.05) is 12.1 Å². The Labute approximate surface area is 113 Å². The minimum atomic E-state index is -4.52. The van der Waals surface area contributed by atoms with Crippen molar-refractivity contribution in [3.05, 3.63) is 35.4 Å². The van der Waals surface area contributed by atoms with Gasteiger partial charge in [0.1, 0.15) is 5.54 Å². The zero-order valence-corrected chi connectivity index (χ0v) is 11.0. The summed E-state index contributed by atoms with van der Waals surface area (Å²) < 4.78 is 37.9. The number of alkyl halides is 3. The molecule has 3 nitrogen and oxygen atoms in total. The summed E-state index contributed by atoms with van der Waals surface area (Å²) in [5.74, 6) is -0.889. The topological polar surface area (TPSA) is 63.3 Å². The van der Waals surface area contributed by atoms with Gasteiger partial charge >= 0.3 is 12.1 Å². The zero-order chi connectivity index (χ0) is 14.7. The third-order valence-corrected chi connectivity index (χ3v) is 3.40. The number of aliphatic carboxylic acids is 1. The molecule has 0 spiro atoms. The molecule has 1 aromatic rings. The van der Waals surface area contributed by atoms with Crippen LogP contribution in [0.3, 0.4) is 0 Å². The maximum absolute atomic E-state index is 12.6. The summed E-state index contributed by atoms with van der Waals surface area (Å²) >= 11 is 1.38. The van der Waals surface area contributed by atoms with Crippen LogP contribution in [0.1, 0.15) is 17.5 Å². The van der Waals surface area contributed by atoms with Crippen molar-refractivity contribution in [3.63, 3.8) is 0 Å². The minimum Gasteiger partial charge on any atom is -0.480 e. The van der Waals surface area contributed by atoms with E-state index in [1.54, 1.807) is 6.26 Å². The van der Waals surface area contributed by atoms with Crippen LogP contribution in [0.5, 0.6) is 0 Å². The van der Waals surface area contributed by atoms with E-state index in [4.69, 9.17) is 5.73 Å². The summed E-state index contributed by atoms with van der Waals surface area (Å²) in [7, 11) is 0. The minimum absolute atomic E-state index is 0.0381. The summed E-state index contributed by atoms with van der Waals surface area (Å²) in [6, 6.07) is 4.17. The van der Waals surface area contributed by atoms with Crippen LogP contribution in [0.25, 0.3) is 0 Å². The Bertz CT molecular complexity index is 465. The second kappa shape index (κ2) is 5.83. The maximum Gasteiger partial charge on any atom is 0.416 e. The van der Waals surface area contributed by atoms with Crippen LogP contribution in [-0.2, 0) is 16.5 Å². The summed E-state index contributed by atoms with van der Waals surface area (Å²) in [6.45, 7) is 0. The molecule has 19 heavy (non-hydrogen) atoms. The molecule has 0 amide bonds. The Morgan fingerprint density at radius 3 is 2.42 bits per heavy atom. The van der Waals surface area contributed by atoms with Crippen molar-refractivity contribution in [1.29, 1.82) is 0 Å². The summed E-state index contributed by atoms with van der Waals surface area (Å²) in [5.41, 5.74) is 3.04. The Morgan fingerprint density at radius 2 is 1.95 bits per heavy atom. The van der Waals surface area contributed by atoms with E-state index in [1.165, 1.54) is 23.9 Å². The average Bonchev–Trinajstić information content (AvgIpc) is 2.34. The van der Waals surface area contributed by atoms with Gasteiger partial charge in [-0.2, -0.15) is 24.9 Å². The fourth-order valence-corrected chi connectivity index (χ4v) is 2.14. The van der Waals surface area contributed by atoms with Crippen LogP contribution in [0.4, 0.5) is 13.2 Å². The first kappa shape index (κ1) is 15.8. The lowest BCUT2D eigenvalue weighted by molar-refractivity contribution is -0.144. The molecule has 7 heteroatoms. The molecule has 1 unspecified atom stereocenters. The van der Waals surface area contributed by atoms with Gasteiger partial charge in [-0.15, -0.1) is 0 Å². The van der Waals surface area contributed by atoms with Crippen molar-refractivity contribution >= 4 is 17.7 Å². The fraction of sp³-hybridized carbons (Fsp3) is 0.417. The molecule has 0 radical (unpaired) electrons. The lowest BCUT2D eigenvalue weighted by atomic mass is 9.87. The summed E-state index contributed by atoms with van der Waals surface area (Å²) in [6.07, 6.45) is -2.69. The Balaban J connectivity index is 3.21. The van der Waals surface area contributed by atoms with Gasteiger partial charge < -0.3 is 10.8 Å². The van der Waals surface area contributed by atoms with E-state index in [1.807, 2.05) is 0 Å². The van der Waals surface area contributed by atoms with Gasteiger partial charge in [0.2, 0.25) is 0 Å². The fourth-order valence-electron chi connectivity index (χ4n) is 1.61. The van der Waals surface area contributed by atoms with Crippen LogP contribution < -0.4 is 5.73 Å². The number of halogens is 3. The zero-order valence-electron chi connectivity index (χ0n) is 10.2. The highest BCUT2D eigenvalue weighted by Crippen LogP contribution is 2.32. The average molecular weight is 293 g/mol. The lowest BCUT2D eigenvalue weighted by Gasteiger charge is -2.25. The van der Waals surface area contributed by atoms with E-state index >= 15 is 0 Å². The van der Waals surface area contributed by atoms with Crippen molar-refractivity contribution in [3.8, 4) is 0 Å². The molecule has 1 aromatic carbocycles. The normalized spacial score (nSPS) is 15.0. The van der Waals surface area contributed by atoms with E-state index < -0.39 is 23.2 Å². The van der Waals surface area contributed by atoms with Crippen molar-refractivity contribution in [2.24, 2.45) is 5.73 Å². The van der Waals surface area contributed by atoms with Crippen LogP contribution in [0, 0.1) is 0 Å². The molecular formula is C12H14F3NO2S. The molecule has 0 aliphatic carbocycles. The van der Waals surface area contributed by atoms with Crippen LogP contribution in [0.15, 0.2) is 24.3 Å². The maximum atomic E-state index is 12.6. The van der Waals surface area contributed by atoms with Crippen LogP contribution in [-0.4, -0.2) is 23.1 Å². The van der Waals surface area contributed by atoms with Gasteiger partial charge in [0.05, 0.1) is 5.56 Å². The molecule has 1 rings (SSSR count).